The van der Waals surface area contributed by atoms with E-state index >= 15 is 0 Å². The molecular weight excluding hydrogens is 436 g/mol. The first kappa shape index (κ1) is 22.0. The molecule has 1 unspecified atom stereocenters. The molecule has 166 valence electrons. The maximum Gasteiger partial charge on any atom is 0.243 e. The molecule has 2 aromatic carbocycles. The van der Waals surface area contributed by atoms with Crippen LogP contribution < -0.4 is 14.8 Å². The number of hydrogen-bond acceptors (Lipinski definition) is 6. The summed E-state index contributed by atoms with van der Waals surface area (Å²) in [5.41, 5.74) is 2.36. The highest BCUT2D eigenvalue weighted by molar-refractivity contribution is 7.99. The maximum atomic E-state index is 13.3. The van der Waals surface area contributed by atoms with E-state index in [1.807, 2.05) is 18.2 Å². The molecule has 2 heterocycles. The van der Waals surface area contributed by atoms with Gasteiger partial charge >= 0.3 is 0 Å². The number of amides is 1. The van der Waals surface area contributed by atoms with Crippen LogP contribution in [0.1, 0.15) is 36.1 Å². The molecule has 2 aliphatic rings. The average molecular weight is 463 g/mol. The normalized spacial score (nSPS) is 19.1. The van der Waals surface area contributed by atoms with E-state index in [1.165, 1.54) is 0 Å². The number of sulfonamides is 1. The van der Waals surface area contributed by atoms with Crippen molar-refractivity contribution in [3.8, 4) is 11.5 Å². The van der Waals surface area contributed by atoms with E-state index in [0.29, 0.717) is 42.9 Å². The summed E-state index contributed by atoms with van der Waals surface area (Å²) in [4.78, 5) is 11.9. The molecule has 2 aliphatic heterocycles. The Morgan fingerprint density at radius 1 is 1.16 bits per heavy atom. The van der Waals surface area contributed by atoms with Gasteiger partial charge in [-0.15, -0.1) is 0 Å². The molecule has 7 nitrogen and oxygen atoms in total. The molecule has 0 bridgehead atoms. The van der Waals surface area contributed by atoms with Crippen molar-refractivity contribution in [2.24, 2.45) is 0 Å². The van der Waals surface area contributed by atoms with E-state index in [-0.39, 0.29) is 22.8 Å². The van der Waals surface area contributed by atoms with Gasteiger partial charge in [-0.3, -0.25) is 4.79 Å². The lowest BCUT2D eigenvalue weighted by Crippen LogP contribution is -2.33. The molecule has 1 atom stereocenters. The van der Waals surface area contributed by atoms with Gasteiger partial charge in [0.05, 0.1) is 4.90 Å². The number of anilines is 1. The summed E-state index contributed by atoms with van der Waals surface area (Å²) in [6.07, 6.45) is 1.09. The van der Waals surface area contributed by atoms with Gasteiger partial charge < -0.3 is 14.8 Å². The van der Waals surface area contributed by atoms with Gasteiger partial charge in [-0.25, -0.2) is 8.42 Å². The lowest BCUT2D eigenvalue weighted by molar-refractivity contribution is -0.115. The molecule has 1 N–H and O–H groups in total. The molecule has 0 aliphatic carbocycles. The minimum absolute atomic E-state index is 0.103. The Hall–Kier alpha value is -2.23. The van der Waals surface area contributed by atoms with Crippen LogP contribution in [0, 0.1) is 6.92 Å². The summed E-state index contributed by atoms with van der Waals surface area (Å²) >= 11 is 1.76. The molecule has 1 amide bonds. The third kappa shape index (κ3) is 4.68. The quantitative estimate of drug-likeness (QED) is 0.725. The van der Waals surface area contributed by atoms with Crippen LogP contribution in [0.4, 0.5) is 5.69 Å². The largest absolute Gasteiger partial charge is 0.454 e. The number of nitrogens with one attached hydrogen (secondary N) is 1. The Labute approximate surface area is 187 Å². The van der Waals surface area contributed by atoms with Gasteiger partial charge in [0.1, 0.15) is 0 Å². The second kappa shape index (κ2) is 9.10. The number of aryl methyl sites for hydroxylation is 1. The maximum absolute atomic E-state index is 13.3. The standard InChI is InChI=1S/C22H26N2O5S2/c1-3-22(25)23-17-5-7-21(15(2)12-17)31(26,27)24-9-8-20(30-11-10-24)16-4-6-18-19(13-16)29-14-28-18/h4-7,12-13,20H,3,8-11,14H2,1-2H3,(H,23,25). The molecule has 0 spiro atoms. The molecule has 9 heteroatoms. The van der Waals surface area contributed by atoms with E-state index in [4.69, 9.17) is 9.47 Å². The van der Waals surface area contributed by atoms with Gasteiger partial charge in [-0.1, -0.05) is 13.0 Å². The molecule has 4 rings (SSSR count). The van der Waals surface area contributed by atoms with E-state index in [2.05, 4.69) is 5.32 Å². The number of fused-ring (bicyclic) bond motifs is 1. The number of benzene rings is 2. The minimum Gasteiger partial charge on any atom is -0.454 e. The fraction of sp³-hybridized carbons (Fsp3) is 0.409. The van der Waals surface area contributed by atoms with Crippen molar-refractivity contribution < 1.29 is 22.7 Å². The zero-order valence-electron chi connectivity index (χ0n) is 17.6. The smallest absolute Gasteiger partial charge is 0.243 e. The van der Waals surface area contributed by atoms with Crippen LogP contribution in [-0.2, 0) is 14.8 Å². The first-order valence-corrected chi connectivity index (χ1v) is 12.8. The monoisotopic (exact) mass is 462 g/mol. The van der Waals surface area contributed by atoms with Crippen molar-refractivity contribution in [1.29, 1.82) is 0 Å². The summed E-state index contributed by atoms with van der Waals surface area (Å²) < 4.78 is 39.1. The lowest BCUT2D eigenvalue weighted by atomic mass is 10.1. The molecule has 0 aromatic heterocycles. The number of carbonyl (C=O) groups is 1. The summed E-state index contributed by atoms with van der Waals surface area (Å²) in [7, 11) is -3.62. The van der Waals surface area contributed by atoms with Crippen LogP contribution in [0.2, 0.25) is 0 Å². The van der Waals surface area contributed by atoms with Crippen molar-refractivity contribution >= 4 is 33.4 Å². The van der Waals surface area contributed by atoms with E-state index < -0.39 is 10.0 Å². The van der Waals surface area contributed by atoms with Gasteiger partial charge in [-0.2, -0.15) is 16.1 Å². The van der Waals surface area contributed by atoms with Crippen molar-refractivity contribution in [1.82, 2.24) is 4.31 Å². The van der Waals surface area contributed by atoms with Crippen molar-refractivity contribution in [2.75, 3.05) is 31.0 Å². The third-order valence-corrected chi connectivity index (χ3v) is 8.85. The van der Waals surface area contributed by atoms with Crippen LogP contribution in [0.15, 0.2) is 41.3 Å². The third-order valence-electron chi connectivity index (χ3n) is 5.47. The number of nitrogens with zero attached hydrogens (tertiary/aromatic N) is 1. The Morgan fingerprint density at radius 2 is 1.97 bits per heavy atom. The van der Waals surface area contributed by atoms with E-state index in [9.17, 15) is 13.2 Å². The van der Waals surface area contributed by atoms with Crippen molar-refractivity contribution in [3.63, 3.8) is 0 Å². The Bertz CT molecular complexity index is 1090. The highest BCUT2D eigenvalue weighted by Gasteiger charge is 2.30. The van der Waals surface area contributed by atoms with Gasteiger partial charge in [-0.05, 0) is 54.8 Å². The van der Waals surface area contributed by atoms with Crippen molar-refractivity contribution in [3.05, 3.63) is 47.5 Å². The number of ether oxygens (including phenoxy) is 2. The number of thioether (sulfide) groups is 1. The number of rotatable bonds is 5. The lowest BCUT2D eigenvalue weighted by Gasteiger charge is -2.21. The SMILES string of the molecule is CCC(=O)Nc1ccc(S(=O)(=O)N2CCSC(c3ccc4c(c3)OCO4)CC2)c(C)c1. The Morgan fingerprint density at radius 3 is 2.74 bits per heavy atom. The van der Waals surface area contributed by atoms with Crippen LogP contribution >= 0.6 is 11.8 Å². The van der Waals surface area contributed by atoms with E-state index in [1.54, 1.807) is 48.1 Å². The first-order chi connectivity index (χ1) is 14.9. The predicted molar refractivity (Wildman–Crippen MR) is 121 cm³/mol. The molecule has 2 aromatic rings. The van der Waals surface area contributed by atoms with Gasteiger partial charge in [0, 0.05) is 36.2 Å². The number of carbonyl (C=O) groups excluding carboxylic acids is 1. The minimum atomic E-state index is -3.62. The molecule has 1 fully saturated rings. The zero-order valence-corrected chi connectivity index (χ0v) is 19.2. The topological polar surface area (TPSA) is 84.9 Å². The van der Waals surface area contributed by atoms with Crippen LogP contribution in [0.5, 0.6) is 11.5 Å². The van der Waals surface area contributed by atoms with Crippen molar-refractivity contribution in [2.45, 2.75) is 36.8 Å². The average Bonchev–Trinajstić information content (AvgIpc) is 3.07. The molecule has 1 saturated heterocycles. The van der Waals surface area contributed by atoms with Crippen LogP contribution in [0.25, 0.3) is 0 Å². The van der Waals surface area contributed by atoms with Gasteiger partial charge in [0.2, 0.25) is 22.7 Å². The first-order valence-electron chi connectivity index (χ1n) is 10.3. The number of hydrogen-bond donors (Lipinski definition) is 1. The van der Waals surface area contributed by atoms with Gasteiger partial charge in [0.15, 0.2) is 11.5 Å². The fourth-order valence-corrected chi connectivity index (χ4v) is 6.77. The highest BCUT2D eigenvalue weighted by Crippen LogP contribution is 2.41. The van der Waals surface area contributed by atoms with Crippen LogP contribution in [0.3, 0.4) is 0 Å². The Kier molecular flexibility index (Phi) is 6.45. The Balaban J connectivity index is 1.49. The highest BCUT2D eigenvalue weighted by atomic mass is 32.2. The van der Waals surface area contributed by atoms with Crippen LogP contribution in [-0.4, -0.2) is 44.3 Å². The molecular formula is C22H26N2O5S2. The second-order valence-corrected chi connectivity index (χ2v) is 10.8. The zero-order chi connectivity index (χ0) is 22.0. The summed E-state index contributed by atoms with van der Waals surface area (Å²) in [5.74, 6) is 2.11. The van der Waals surface area contributed by atoms with E-state index in [0.717, 1.165) is 17.1 Å². The summed E-state index contributed by atoms with van der Waals surface area (Å²) in [6.45, 7) is 4.68. The summed E-state index contributed by atoms with van der Waals surface area (Å²) in [6, 6.07) is 10.9. The fourth-order valence-electron chi connectivity index (χ4n) is 3.77. The predicted octanol–water partition coefficient (Wildman–Crippen LogP) is 3.94. The molecule has 0 saturated carbocycles. The molecule has 0 radical (unpaired) electrons. The molecule has 31 heavy (non-hydrogen) atoms. The summed E-state index contributed by atoms with van der Waals surface area (Å²) in [5, 5.41) is 2.97. The second-order valence-electron chi connectivity index (χ2n) is 7.55. The van der Waals surface area contributed by atoms with Gasteiger partial charge in [0.25, 0.3) is 0 Å².